The summed E-state index contributed by atoms with van der Waals surface area (Å²) in [5, 5.41) is 10.8. The Kier molecular flexibility index (Phi) is 116. The number of nitrogens with one attached hydrogen (secondary N) is 2. The largest absolute Gasteiger partial charge is 0.231 e. The van der Waals surface area contributed by atoms with Gasteiger partial charge < -0.3 is 0 Å². The van der Waals surface area contributed by atoms with E-state index in [9.17, 15) is 0 Å². The average Bonchev–Trinajstić information content (AvgIpc) is 2.04. The fourth-order valence-corrected chi connectivity index (χ4v) is 0.500. The summed E-state index contributed by atoms with van der Waals surface area (Å²) >= 11 is 0. The van der Waals surface area contributed by atoms with Crippen LogP contribution in [0.1, 0.15) is 39.5 Å². The van der Waals surface area contributed by atoms with Crippen LogP contribution < -0.4 is 0 Å². The van der Waals surface area contributed by atoms with Crippen molar-refractivity contribution in [2.45, 2.75) is 39.5 Å². The summed E-state index contributed by atoms with van der Waals surface area (Å²) in [6.07, 6.45) is 7.04. The van der Waals surface area contributed by atoms with E-state index in [1.54, 1.807) is 0 Å². The first-order valence-electron chi connectivity index (χ1n) is 3.82. The average molecular weight is 245 g/mol. The zero-order chi connectivity index (χ0) is 10.2. The van der Waals surface area contributed by atoms with Crippen molar-refractivity contribution in [3.8, 4) is 0 Å². The molecule has 0 bridgehead atoms. The van der Waals surface area contributed by atoms with Crippen LogP contribution in [0.15, 0.2) is 0 Å². The molecule has 0 aromatic carbocycles. The molecule has 0 spiro atoms. The highest BCUT2D eigenvalue weighted by atomic mass is 35.5. The van der Waals surface area contributed by atoms with Crippen molar-refractivity contribution in [3.63, 3.8) is 0 Å². The topological polar surface area (TPSA) is 81.8 Å². The van der Waals surface area contributed by atoms with Crippen LogP contribution in [-0.2, 0) is 9.59 Å². The van der Waals surface area contributed by atoms with E-state index in [-0.39, 0.29) is 24.8 Å². The highest BCUT2D eigenvalue weighted by Crippen LogP contribution is 1.95. The molecule has 0 amide bonds. The fraction of sp³-hybridized carbons (Fsp3) is 0.750. The van der Waals surface area contributed by atoms with Gasteiger partial charge in [0.15, 0.2) is 0 Å². The number of carbonyl (C=O) groups excluding carboxylic acids is 2. The SMILES string of the molecule is CCCCCC.Cl.Cl.N=C=O.N=C=O. The Morgan fingerprint density at radius 3 is 1.07 bits per heavy atom. The van der Waals surface area contributed by atoms with E-state index in [1.807, 2.05) is 0 Å². The van der Waals surface area contributed by atoms with E-state index in [0.29, 0.717) is 0 Å². The molecule has 0 aliphatic carbocycles. The maximum Gasteiger partial charge on any atom is 0.231 e. The summed E-state index contributed by atoms with van der Waals surface area (Å²) in [7, 11) is 0. The molecule has 2 N–H and O–H groups in total. The summed E-state index contributed by atoms with van der Waals surface area (Å²) in [5.41, 5.74) is 0. The van der Waals surface area contributed by atoms with Gasteiger partial charge >= 0.3 is 0 Å². The molecule has 0 aliphatic heterocycles. The molecular formula is C8H18Cl2N2O2. The third kappa shape index (κ3) is 221. The summed E-state index contributed by atoms with van der Waals surface area (Å²) in [6.45, 7) is 4.46. The van der Waals surface area contributed by atoms with Crippen LogP contribution in [0, 0.1) is 10.8 Å². The Labute approximate surface area is 97.3 Å². The van der Waals surface area contributed by atoms with Crippen LogP contribution in [0.2, 0.25) is 0 Å². The molecule has 0 radical (unpaired) electrons. The predicted octanol–water partition coefficient (Wildman–Crippen LogP) is 3.23. The summed E-state index contributed by atoms with van der Waals surface area (Å²) < 4.78 is 0. The van der Waals surface area contributed by atoms with Crippen molar-refractivity contribution >= 4 is 37.0 Å². The van der Waals surface area contributed by atoms with E-state index < -0.39 is 0 Å². The standard InChI is InChI=1S/C6H14.2CHNO.2ClH/c1-3-5-6-4-2;2*2-1-3;;/h3-6H2,1-2H3;2*2H;2*1H. The first-order chi connectivity index (χ1) is 5.74. The lowest BCUT2D eigenvalue weighted by atomic mass is 10.2. The first kappa shape index (κ1) is 29.2. The zero-order valence-electron chi connectivity index (χ0n) is 8.46. The number of halogens is 2. The smallest absolute Gasteiger partial charge is 0.222 e. The second-order valence-electron chi connectivity index (χ2n) is 1.91. The third-order valence-electron chi connectivity index (χ3n) is 0.957. The molecule has 0 heterocycles. The molecular weight excluding hydrogens is 227 g/mol. The van der Waals surface area contributed by atoms with E-state index in [0.717, 1.165) is 12.2 Å². The molecule has 0 fully saturated rings. The van der Waals surface area contributed by atoms with Gasteiger partial charge in [-0.25, -0.2) is 20.4 Å². The molecule has 0 saturated heterocycles. The van der Waals surface area contributed by atoms with Crippen molar-refractivity contribution in [1.29, 1.82) is 10.8 Å². The van der Waals surface area contributed by atoms with Gasteiger partial charge in [0.1, 0.15) is 0 Å². The first-order valence-corrected chi connectivity index (χ1v) is 3.82. The molecule has 0 aromatic rings. The Hall–Kier alpha value is -0.660. The minimum absolute atomic E-state index is 0. The Balaban J connectivity index is -0.0000000297. The van der Waals surface area contributed by atoms with Crippen molar-refractivity contribution < 1.29 is 9.59 Å². The van der Waals surface area contributed by atoms with Gasteiger partial charge in [0.2, 0.25) is 12.2 Å². The number of unbranched alkanes of at least 4 members (excludes halogenated alkanes) is 3. The molecule has 0 atom stereocenters. The van der Waals surface area contributed by atoms with Gasteiger partial charge in [-0.05, 0) is 0 Å². The predicted molar refractivity (Wildman–Crippen MR) is 61.1 cm³/mol. The highest BCUT2D eigenvalue weighted by molar-refractivity contribution is 5.85. The van der Waals surface area contributed by atoms with Crippen LogP contribution in [0.25, 0.3) is 0 Å². The molecule has 0 rings (SSSR count). The van der Waals surface area contributed by atoms with E-state index >= 15 is 0 Å². The fourth-order valence-electron chi connectivity index (χ4n) is 0.500. The third-order valence-corrected chi connectivity index (χ3v) is 0.957. The van der Waals surface area contributed by atoms with Gasteiger partial charge in [-0.15, -0.1) is 24.8 Å². The highest BCUT2D eigenvalue weighted by Gasteiger charge is 1.75. The van der Waals surface area contributed by atoms with E-state index in [4.69, 9.17) is 20.4 Å². The van der Waals surface area contributed by atoms with Gasteiger partial charge in [0.25, 0.3) is 0 Å². The minimum Gasteiger partial charge on any atom is -0.222 e. The second-order valence-corrected chi connectivity index (χ2v) is 1.91. The summed E-state index contributed by atoms with van der Waals surface area (Å²) in [4.78, 5) is 16.7. The number of isocyanates is 2. The summed E-state index contributed by atoms with van der Waals surface area (Å²) in [6, 6.07) is 0. The molecule has 86 valence electrons. The van der Waals surface area contributed by atoms with E-state index in [1.165, 1.54) is 25.7 Å². The molecule has 0 aromatic heterocycles. The van der Waals surface area contributed by atoms with Gasteiger partial charge in [-0.3, -0.25) is 0 Å². The zero-order valence-corrected chi connectivity index (χ0v) is 10.1. The van der Waals surface area contributed by atoms with Crippen LogP contribution in [0.3, 0.4) is 0 Å². The Morgan fingerprint density at radius 2 is 1.00 bits per heavy atom. The summed E-state index contributed by atoms with van der Waals surface area (Å²) in [5.74, 6) is 0. The second kappa shape index (κ2) is 55.6. The lowest BCUT2D eigenvalue weighted by molar-refractivity contribution is 0.562. The maximum absolute atomic E-state index is 8.35. The Bertz CT molecular complexity index is 115. The molecule has 0 saturated carbocycles. The van der Waals surface area contributed by atoms with Gasteiger partial charge in [0.05, 0.1) is 0 Å². The lowest BCUT2D eigenvalue weighted by Crippen LogP contribution is -1.66. The van der Waals surface area contributed by atoms with Crippen LogP contribution in [0.5, 0.6) is 0 Å². The van der Waals surface area contributed by atoms with Gasteiger partial charge in [-0.1, -0.05) is 39.5 Å². The minimum atomic E-state index is 0. The van der Waals surface area contributed by atoms with Crippen LogP contribution in [0.4, 0.5) is 0 Å². The molecule has 14 heavy (non-hydrogen) atoms. The monoisotopic (exact) mass is 244 g/mol. The number of hydrogen-bond donors (Lipinski definition) is 2. The van der Waals surface area contributed by atoms with Crippen LogP contribution >= 0.6 is 24.8 Å². The van der Waals surface area contributed by atoms with Crippen LogP contribution in [-0.4, -0.2) is 12.2 Å². The molecule has 0 aliphatic rings. The van der Waals surface area contributed by atoms with Crippen molar-refractivity contribution in [2.24, 2.45) is 0 Å². The molecule has 0 unspecified atom stereocenters. The van der Waals surface area contributed by atoms with E-state index in [2.05, 4.69) is 13.8 Å². The quantitative estimate of drug-likeness (QED) is 0.454. The number of rotatable bonds is 3. The maximum atomic E-state index is 8.35. The molecule has 6 heteroatoms. The number of hydrogen-bond acceptors (Lipinski definition) is 4. The van der Waals surface area contributed by atoms with Crippen molar-refractivity contribution in [3.05, 3.63) is 0 Å². The van der Waals surface area contributed by atoms with Crippen molar-refractivity contribution in [2.75, 3.05) is 0 Å². The van der Waals surface area contributed by atoms with Gasteiger partial charge in [0, 0.05) is 0 Å². The normalized spacial score (nSPS) is 5.00. The lowest BCUT2D eigenvalue weighted by Gasteiger charge is -1.86. The van der Waals surface area contributed by atoms with Crippen molar-refractivity contribution in [1.82, 2.24) is 0 Å². The molecule has 4 nitrogen and oxygen atoms in total. The Morgan fingerprint density at radius 1 is 0.857 bits per heavy atom. The van der Waals surface area contributed by atoms with Gasteiger partial charge in [-0.2, -0.15) is 0 Å².